The molecule has 13 heavy (non-hydrogen) atoms. The van der Waals surface area contributed by atoms with Crippen LogP contribution in [-0.4, -0.2) is 29.8 Å². The zero-order valence-electron chi connectivity index (χ0n) is 8.38. The molecule has 0 atom stereocenters. The van der Waals surface area contributed by atoms with Gasteiger partial charge in [0.1, 0.15) is 0 Å². The maximum atomic E-state index is 11.4. The van der Waals surface area contributed by atoms with Gasteiger partial charge in [-0.3, -0.25) is 9.59 Å². The van der Waals surface area contributed by atoms with Gasteiger partial charge in [0.2, 0.25) is 11.8 Å². The van der Waals surface area contributed by atoms with Crippen molar-refractivity contribution in [2.75, 3.05) is 13.1 Å². The Labute approximate surface area is 79.1 Å². The highest BCUT2D eigenvalue weighted by Crippen LogP contribution is 1.99. The number of hydrogen-bond acceptors (Lipinski definition) is 2. The Bertz CT molecular complexity index is 180. The summed E-state index contributed by atoms with van der Waals surface area (Å²) in [5.74, 6) is -0.435. The third-order valence-corrected chi connectivity index (χ3v) is 1.83. The van der Waals surface area contributed by atoms with Crippen LogP contribution < -0.4 is 5.73 Å². The number of nitrogens with zero attached hydrogens (tertiary/aromatic N) is 1. The first-order chi connectivity index (χ1) is 6.11. The predicted molar refractivity (Wildman–Crippen MR) is 51.0 cm³/mol. The van der Waals surface area contributed by atoms with Crippen LogP contribution in [0, 0.1) is 0 Å². The van der Waals surface area contributed by atoms with E-state index in [1.807, 2.05) is 13.8 Å². The van der Waals surface area contributed by atoms with Crippen LogP contribution in [-0.2, 0) is 9.59 Å². The summed E-state index contributed by atoms with van der Waals surface area (Å²) in [6.07, 6.45) is 2.37. The molecule has 2 amide bonds. The van der Waals surface area contributed by atoms with E-state index in [1.165, 1.54) is 4.90 Å². The first-order valence-corrected chi connectivity index (χ1v) is 4.67. The van der Waals surface area contributed by atoms with Crippen LogP contribution in [0.3, 0.4) is 0 Å². The molecular formula is C9H18N2O2. The van der Waals surface area contributed by atoms with Gasteiger partial charge < -0.3 is 10.6 Å². The van der Waals surface area contributed by atoms with Crippen molar-refractivity contribution >= 4 is 11.8 Å². The van der Waals surface area contributed by atoms with E-state index < -0.39 is 5.91 Å². The highest BCUT2D eigenvalue weighted by Gasteiger charge is 2.12. The lowest BCUT2D eigenvalue weighted by atomic mass is 10.2. The van der Waals surface area contributed by atoms with Crippen molar-refractivity contribution in [1.29, 1.82) is 0 Å². The van der Waals surface area contributed by atoms with Gasteiger partial charge in [0, 0.05) is 13.0 Å². The first-order valence-electron chi connectivity index (χ1n) is 4.67. The van der Waals surface area contributed by atoms with E-state index in [4.69, 9.17) is 5.73 Å². The quantitative estimate of drug-likeness (QED) is 0.657. The molecule has 0 aromatic heterocycles. The van der Waals surface area contributed by atoms with Gasteiger partial charge in [0.15, 0.2) is 0 Å². The molecule has 0 bridgehead atoms. The zero-order chi connectivity index (χ0) is 10.3. The summed E-state index contributed by atoms with van der Waals surface area (Å²) in [7, 11) is 0. The van der Waals surface area contributed by atoms with Crippen LogP contribution in [0.1, 0.15) is 33.1 Å². The molecule has 0 aromatic rings. The summed E-state index contributed by atoms with van der Waals surface area (Å²) < 4.78 is 0. The van der Waals surface area contributed by atoms with Gasteiger partial charge in [-0.2, -0.15) is 0 Å². The van der Waals surface area contributed by atoms with Crippen LogP contribution >= 0.6 is 0 Å². The van der Waals surface area contributed by atoms with Crippen LogP contribution in [0.2, 0.25) is 0 Å². The number of hydrogen-bond donors (Lipinski definition) is 1. The highest BCUT2D eigenvalue weighted by molar-refractivity contribution is 5.83. The van der Waals surface area contributed by atoms with Crippen molar-refractivity contribution in [1.82, 2.24) is 4.90 Å². The molecule has 0 radical (unpaired) electrons. The number of likely N-dealkylation sites (N-methyl/N-ethyl adjacent to an activating group) is 1. The molecule has 0 heterocycles. The van der Waals surface area contributed by atoms with Crippen LogP contribution in [0.15, 0.2) is 0 Å². The third-order valence-electron chi connectivity index (χ3n) is 1.83. The average molecular weight is 186 g/mol. The van der Waals surface area contributed by atoms with Gasteiger partial charge >= 0.3 is 0 Å². The fourth-order valence-corrected chi connectivity index (χ4v) is 1.05. The van der Waals surface area contributed by atoms with E-state index in [0.29, 0.717) is 13.0 Å². The van der Waals surface area contributed by atoms with E-state index in [0.717, 1.165) is 12.8 Å². The average Bonchev–Trinajstić information content (AvgIpc) is 2.09. The Kier molecular flexibility index (Phi) is 5.93. The predicted octanol–water partition coefficient (Wildman–Crippen LogP) is 0.510. The Morgan fingerprint density at radius 1 is 1.31 bits per heavy atom. The summed E-state index contributed by atoms with van der Waals surface area (Å²) >= 11 is 0. The van der Waals surface area contributed by atoms with E-state index >= 15 is 0 Å². The summed E-state index contributed by atoms with van der Waals surface area (Å²) in [6, 6.07) is 0. The third kappa shape index (κ3) is 5.22. The minimum absolute atomic E-state index is 0.0168. The number of carbonyl (C=O) groups excluding carboxylic acids is 2. The van der Waals surface area contributed by atoms with Gasteiger partial charge in [0.25, 0.3) is 0 Å². The van der Waals surface area contributed by atoms with Gasteiger partial charge in [-0.15, -0.1) is 0 Å². The van der Waals surface area contributed by atoms with E-state index in [1.54, 1.807) is 0 Å². The van der Waals surface area contributed by atoms with Crippen molar-refractivity contribution in [3.8, 4) is 0 Å². The largest absolute Gasteiger partial charge is 0.368 e. The highest BCUT2D eigenvalue weighted by atomic mass is 16.2. The number of carbonyl (C=O) groups is 2. The van der Waals surface area contributed by atoms with Gasteiger partial charge in [-0.25, -0.2) is 0 Å². The summed E-state index contributed by atoms with van der Waals surface area (Å²) in [6.45, 7) is 4.45. The Hall–Kier alpha value is -1.06. The smallest absolute Gasteiger partial charge is 0.237 e. The minimum atomic E-state index is -0.452. The number of primary amides is 1. The molecular weight excluding hydrogens is 168 g/mol. The number of nitrogens with two attached hydrogens (primary N) is 1. The number of unbranched alkanes of at least 4 members (excludes halogenated alkanes) is 1. The van der Waals surface area contributed by atoms with E-state index in [2.05, 4.69) is 0 Å². The molecule has 0 spiro atoms. The molecule has 4 nitrogen and oxygen atoms in total. The van der Waals surface area contributed by atoms with Crippen molar-refractivity contribution in [3.63, 3.8) is 0 Å². The molecule has 0 saturated carbocycles. The number of rotatable bonds is 6. The zero-order valence-corrected chi connectivity index (χ0v) is 8.38. The lowest BCUT2D eigenvalue weighted by Crippen LogP contribution is -2.38. The first kappa shape index (κ1) is 11.9. The minimum Gasteiger partial charge on any atom is -0.368 e. The SMILES string of the molecule is CCCCC(=O)N(CC)CC(N)=O. The molecule has 0 saturated heterocycles. The maximum Gasteiger partial charge on any atom is 0.237 e. The van der Waals surface area contributed by atoms with Gasteiger partial charge in [0.05, 0.1) is 6.54 Å². The molecule has 0 aliphatic heterocycles. The lowest BCUT2D eigenvalue weighted by Gasteiger charge is -2.18. The van der Waals surface area contributed by atoms with Crippen LogP contribution in [0.4, 0.5) is 0 Å². The standard InChI is InChI=1S/C9H18N2O2/c1-3-5-6-9(13)11(4-2)7-8(10)12/h3-7H2,1-2H3,(H2,10,12). The van der Waals surface area contributed by atoms with Crippen LogP contribution in [0.5, 0.6) is 0 Å². The van der Waals surface area contributed by atoms with Crippen molar-refractivity contribution in [2.24, 2.45) is 5.73 Å². The molecule has 4 heteroatoms. The van der Waals surface area contributed by atoms with Crippen molar-refractivity contribution in [3.05, 3.63) is 0 Å². The van der Waals surface area contributed by atoms with Gasteiger partial charge in [-0.05, 0) is 13.3 Å². The Morgan fingerprint density at radius 3 is 2.31 bits per heavy atom. The number of amides is 2. The van der Waals surface area contributed by atoms with E-state index in [9.17, 15) is 9.59 Å². The maximum absolute atomic E-state index is 11.4. The fraction of sp³-hybridized carbons (Fsp3) is 0.778. The second-order valence-corrected chi connectivity index (χ2v) is 2.98. The molecule has 0 aliphatic rings. The second kappa shape index (κ2) is 6.46. The van der Waals surface area contributed by atoms with Crippen molar-refractivity contribution in [2.45, 2.75) is 33.1 Å². The molecule has 2 N–H and O–H groups in total. The molecule has 0 aliphatic carbocycles. The van der Waals surface area contributed by atoms with Crippen LogP contribution in [0.25, 0.3) is 0 Å². The Morgan fingerprint density at radius 2 is 1.92 bits per heavy atom. The monoisotopic (exact) mass is 186 g/mol. The van der Waals surface area contributed by atoms with E-state index in [-0.39, 0.29) is 12.5 Å². The summed E-state index contributed by atoms with van der Waals surface area (Å²) in [5, 5.41) is 0. The van der Waals surface area contributed by atoms with Crippen molar-refractivity contribution < 1.29 is 9.59 Å². The lowest BCUT2D eigenvalue weighted by molar-refractivity contribution is -0.135. The molecule has 0 unspecified atom stereocenters. The normalized spacial score (nSPS) is 9.69. The molecule has 0 fully saturated rings. The van der Waals surface area contributed by atoms with Gasteiger partial charge in [-0.1, -0.05) is 13.3 Å². The fourth-order valence-electron chi connectivity index (χ4n) is 1.05. The Balaban J connectivity index is 3.92. The molecule has 76 valence electrons. The molecule has 0 rings (SSSR count). The summed E-state index contributed by atoms with van der Waals surface area (Å²) in [5.41, 5.74) is 5.00. The summed E-state index contributed by atoms with van der Waals surface area (Å²) in [4.78, 5) is 23.4. The topological polar surface area (TPSA) is 63.4 Å². The molecule has 0 aromatic carbocycles. The second-order valence-electron chi connectivity index (χ2n) is 2.98.